The van der Waals surface area contributed by atoms with Gasteiger partial charge in [0.2, 0.25) is 0 Å². The molecule has 0 aromatic carbocycles. The minimum absolute atomic E-state index is 0.000278. The summed E-state index contributed by atoms with van der Waals surface area (Å²) in [6.07, 6.45) is -0.259. The molecule has 0 aromatic heterocycles. The molecular formula is C9H21NO3. The van der Waals surface area contributed by atoms with Gasteiger partial charge in [-0.25, -0.2) is 0 Å². The Morgan fingerprint density at radius 3 is 2.08 bits per heavy atom. The molecule has 0 aliphatic rings. The first kappa shape index (κ1) is 12.8. The third-order valence-electron chi connectivity index (χ3n) is 2.18. The molecule has 0 saturated heterocycles. The molecule has 0 amide bonds. The Labute approximate surface area is 80.2 Å². The van der Waals surface area contributed by atoms with E-state index in [0.717, 1.165) is 0 Å². The predicted molar refractivity (Wildman–Crippen MR) is 51.6 cm³/mol. The number of hydrogen-bond donors (Lipinski definition) is 2. The van der Waals surface area contributed by atoms with Gasteiger partial charge in [0, 0.05) is 26.8 Å². The number of rotatable bonds is 6. The lowest BCUT2D eigenvalue weighted by molar-refractivity contribution is -0.103. The normalized spacial score (nSPS) is 15.0. The number of aliphatic hydroxyl groups is 1. The van der Waals surface area contributed by atoms with Crippen molar-refractivity contribution in [3.63, 3.8) is 0 Å². The van der Waals surface area contributed by atoms with Crippen LogP contribution in [0.25, 0.3) is 0 Å². The molecule has 13 heavy (non-hydrogen) atoms. The maximum Gasteiger partial charge on any atom is 0.169 e. The molecule has 2 N–H and O–H groups in total. The summed E-state index contributed by atoms with van der Waals surface area (Å²) in [5.74, 6) is 0. The number of methoxy groups -OCH3 is 2. The van der Waals surface area contributed by atoms with Gasteiger partial charge in [0.05, 0.1) is 5.60 Å². The van der Waals surface area contributed by atoms with Crippen LogP contribution in [0.15, 0.2) is 0 Å². The first-order chi connectivity index (χ1) is 5.91. The average molecular weight is 191 g/mol. The molecule has 0 aliphatic carbocycles. The van der Waals surface area contributed by atoms with Gasteiger partial charge < -0.3 is 19.9 Å². The van der Waals surface area contributed by atoms with E-state index in [0.29, 0.717) is 6.54 Å². The van der Waals surface area contributed by atoms with Crippen LogP contribution in [-0.4, -0.2) is 43.8 Å². The maximum atomic E-state index is 9.60. The number of nitrogens with one attached hydrogen (secondary N) is 1. The summed E-state index contributed by atoms with van der Waals surface area (Å²) in [4.78, 5) is 0. The van der Waals surface area contributed by atoms with Crippen molar-refractivity contribution in [1.29, 1.82) is 0 Å². The van der Waals surface area contributed by atoms with Crippen LogP contribution in [0, 0.1) is 0 Å². The van der Waals surface area contributed by atoms with E-state index in [9.17, 15) is 5.11 Å². The zero-order valence-electron chi connectivity index (χ0n) is 9.13. The SMILES string of the molecule is COC(CNC(C)C(C)(C)O)OC. The Morgan fingerprint density at radius 1 is 1.31 bits per heavy atom. The van der Waals surface area contributed by atoms with E-state index in [1.807, 2.05) is 6.92 Å². The second-order valence-corrected chi connectivity index (χ2v) is 3.68. The molecule has 0 heterocycles. The van der Waals surface area contributed by atoms with Crippen LogP contribution in [0.3, 0.4) is 0 Å². The minimum Gasteiger partial charge on any atom is -0.389 e. The van der Waals surface area contributed by atoms with E-state index in [4.69, 9.17) is 9.47 Å². The molecule has 0 radical (unpaired) electrons. The molecule has 0 fully saturated rings. The first-order valence-electron chi connectivity index (χ1n) is 4.43. The van der Waals surface area contributed by atoms with E-state index >= 15 is 0 Å². The highest BCUT2D eigenvalue weighted by molar-refractivity contribution is 4.79. The smallest absolute Gasteiger partial charge is 0.169 e. The first-order valence-corrected chi connectivity index (χ1v) is 4.43. The highest BCUT2D eigenvalue weighted by Gasteiger charge is 2.22. The highest BCUT2D eigenvalue weighted by Crippen LogP contribution is 2.07. The van der Waals surface area contributed by atoms with Crippen LogP contribution in [0.2, 0.25) is 0 Å². The summed E-state index contributed by atoms with van der Waals surface area (Å²) in [7, 11) is 3.18. The van der Waals surface area contributed by atoms with Crippen LogP contribution in [-0.2, 0) is 9.47 Å². The maximum absolute atomic E-state index is 9.60. The van der Waals surface area contributed by atoms with Crippen molar-refractivity contribution >= 4 is 0 Å². The molecule has 0 spiro atoms. The zero-order valence-corrected chi connectivity index (χ0v) is 9.13. The second-order valence-electron chi connectivity index (χ2n) is 3.68. The lowest BCUT2D eigenvalue weighted by Crippen LogP contribution is -2.47. The topological polar surface area (TPSA) is 50.7 Å². The van der Waals surface area contributed by atoms with Crippen molar-refractivity contribution < 1.29 is 14.6 Å². The van der Waals surface area contributed by atoms with Crippen molar-refractivity contribution in [2.45, 2.75) is 38.7 Å². The molecule has 0 aromatic rings. The van der Waals surface area contributed by atoms with Crippen molar-refractivity contribution in [2.24, 2.45) is 0 Å². The fourth-order valence-corrected chi connectivity index (χ4v) is 0.786. The average Bonchev–Trinajstić information content (AvgIpc) is 2.04. The van der Waals surface area contributed by atoms with E-state index in [1.54, 1.807) is 28.1 Å². The van der Waals surface area contributed by atoms with Crippen molar-refractivity contribution in [3.8, 4) is 0 Å². The lowest BCUT2D eigenvalue weighted by Gasteiger charge is -2.28. The van der Waals surface area contributed by atoms with E-state index < -0.39 is 5.60 Å². The molecule has 1 atom stereocenters. The molecule has 0 saturated carbocycles. The predicted octanol–water partition coefficient (Wildman–Crippen LogP) is 0.354. The third kappa shape index (κ3) is 5.21. The van der Waals surface area contributed by atoms with Gasteiger partial charge in [0.15, 0.2) is 6.29 Å². The lowest BCUT2D eigenvalue weighted by atomic mass is 10.0. The zero-order chi connectivity index (χ0) is 10.5. The number of ether oxygens (including phenoxy) is 2. The molecule has 0 aliphatic heterocycles. The quantitative estimate of drug-likeness (QED) is 0.595. The summed E-state index contributed by atoms with van der Waals surface area (Å²) in [6.45, 7) is 6.01. The summed E-state index contributed by atoms with van der Waals surface area (Å²) in [6, 6.07) is 0.000278. The van der Waals surface area contributed by atoms with E-state index in [-0.39, 0.29) is 12.3 Å². The van der Waals surface area contributed by atoms with Crippen LogP contribution < -0.4 is 5.32 Å². The van der Waals surface area contributed by atoms with Crippen LogP contribution >= 0.6 is 0 Å². The van der Waals surface area contributed by atoms with Crippen molar-refractivity contribution in [2.75, 3.05) is 20.8 Å². The van der Waals surface area contributed by atoms with Gasteiger partial charge in [-0.15, -0.1) is 0 Å². The standard InChI is InChI=1S/C9H21NO3/c1-7(9(2,3)11)10-6-8(12-4)13-5/h7-8,10-11H,6H2,1-5H3. The molecule has 1 unspecified atom stereocenters. The van der Waals surface area contributed by atoms with Gasteiger partial charge in [0.25, 0.3) is 0 Å². The molecule has 4 heteroatoms. The summed E-state index contributed by atoms with van der Waals surface area (Å²) >= 11 is 0. The molecule has 0 bridgehead atoms. The van der Waals surface area contributed by atoms with Gasteiger partial charge in [-0.1, -0.05) is 0 Å². The van der Waals surface area contributed by atoms with Crippen molar-refractivity contribution in [1.82, 2.24) is 5.32 Å². The van der Waals surface area contributed by atoms with E-state index in [2.05, 4.69) is 5.32 Å². The Bertz CT molecular complexity index is 129. The summed E-state index contributed by atoms with van der Waals surface area (Å²) in [5, 5.41) is 12.7. The molecular weight excluding hydrogens is 170 g/mol. The van der Waals surface area contributed by atoms with Gasteiger partial charge in [-0.2, -0.15) is 0 Å². The largest absolute Gasteiger partial charge is 0.389 e. The molecule has 80 valence electrons. The minimum atomic E-state index is -0.730. The van der Waals surface area contributed by atoms with Crippen LogP contribution in [0.4, 0.5) is 0 Å². The summed E-state index contributed by atoms with van der Waals surface area (Å²) in [5.41, 5.74) is -0.730. The Balaban J connectivity index is 3.75. The highest BCUT2D eigenvalue weighted by atomic mass is 16.7. The summed E-state index contributed by atoms with van der Waals surface area (Å²) < 4.78 is 9.99. The molecule has 4 nitrogen and oxygen atoms in total. The monoisotopic (exact) mass is 191 g/mol. The Hall–Kier alpha value is -0.160. The van der Waals surface area contributed by atoms with E-state index in [1.165, 1.54) is 0 Å². The fourth-order valence-electron chi connectivity index (χ4n) is 0.786. The fraction of sp³-hybridized carbons (Fsp3) is 1.00. The third-order valence-corrected chi connectivity index (χ3v) is 2.18. The number of hydrogen-bond acceptors (Lipinski definition) is 4. The van der Waals surface area contributed by atoms with Gasteiger partial charge in [0.1, 0.15) is 0 Å². The van der Waals surface area contributed by atoms with Crippen molar-refractivity contribution in [3.05, 3.63) is 0 Å². The van der Waals surface area contributed by atoms with Gasteiger partial charge in [-0.05, 0) is 20.8 Å². The van der Waals surface area contributed by atoms with Crippen LogP contribution in [0.5, 0.6) is 0 Å². The Kier molecular flexibility index (Phi) is 5.48. The van der Waals surface area contributed by atoms with Crippen LogP contribution in [0.1, 0.15) is 20.8 Å². The second kappa shape index (κ2) is 5.54. The Morgan fingerprint density at radius 2 is 1.77 bits per heavy atom. The van der Waals surface area contributed by atoms with Gasteiger partial charge in [-0.3, -0.25) is 0 Å². The molecule has 0 rings (SSSR count). The van der Waals surface area contributed by atoms with Gasteiger partial charge >= 0.3 is 0 Å².